The summed E-state index contributed by atoms with van der Waals surface area (Å²) in [5.74, 6) is -0.794. The normalized spacial score (nSPS) is 11.7. The van der Waals surface area contributed by atoms with E-state index in [2.05, 4.69) is 6.92 Å². The van der Waals surface area contributed by atoms with Crippen molar-refractivity contribution in [1.82, 2.24) is 0 Å². The standard InChI is InChI=1S/C13H24O2/c1-3-4-5-6-7-8-9-10-11-12(2)13(14)15/h11H,3-10H2,1-2H3,(H,14,15)/b12-11-. The van der Waals surface area contributed by atoms with Gasteiger partial charge in [-0.3, -0.25) is 0 Å². The molecule has 0 heterocycles. The van der Waals surface area contributed by atoms with Crippen LogP contribution in [0.25, 0.3) is 0 Å². The summed E-state index contributed by atoms with van der Waals surface area (Å²) >= 11 is 0. The van der Waals surface area contributed by atoms with E-state index in [1.54, 1.807) is 6.92 Å². The van der Waals surface area contributed by atoms with Gasteiger partial charge in [0.2, 0.25) is 0 Å². The Bertz CT molecular complexity index is 195. The minimum absolute atomic E-state index is 0.473. The summed E-state index contributed by atoms with van der Waals surface area (Å²) in [6.07, 6.45) is 11.7. The molecule has 0 amide bonds. The second-order valence-corrected chi connectivity index (χ2v) is 4.10. The Morgan fingerprint density at radius 2 is 1.60 bits per heavy atom. The molecule has 0 radical (unpaired) electrons. The van der Waals surface area contributed by atoms with E-state index >= 15 is 0 Å². The maximum Gasteiger partial charge on any atom is 0.330 e. The summed E-state index contributed by atoms with van der Waals surface area (Å²) in [5, 5.41) is 8.61. The van der Waals surface area contributed by atoms with Crippen LogP contribution < -0.4 is 0 Å². The van der Waals surface area contributed by atoms with Crippen LogP contribution in [0.5, 0.6) is 0 Å². The zero-order valence-electron chi connectivity index (χ0n) is 10.1. The van der Waals surface area contributed by atoms with Crippen molar-refractivity contribution in [2.45, 2.75) is 65.2 Å². The molecule has 0 fully saturated rings. The number of hydrogen-bond donors (Lipinski definition) is 1. The molecule has 0 saturated carbocycles. The van der Waals surface area contributed by atoms with E-state index in [0.717, 1.165) is 12.8 Å². The lowest BCUT2D eigenvalue weighted by atomic mass is 10.1. The molecule has 0 bridgehead atoms. The van der Waals surface area contributed by atoms with Crippen molar-refractivity contribution >= 4 is 5.97 Å². The third-order valence-corrected chi connectivity index (χ3v) is 2.60. The predicted molar refractivity (Wildman–Crippen MR) is 64.0 cm³/mol. The first-order valence-electron chi connectivity index (χ1n) is 6.08. The highest BCUT2D eigenvalue weighted by atomic mass is 16.4. The van der Waals surface area contributed by atoms with Gasteiger partial charge >= 0.3 is 5.97 Å². The first-order valence-corrected chi connectivity index (χ1v) is 6.08. The molecule has 0 aromatic heterocycles. The van der Waals surface area contributed by atoms with E-state index in [0.29, 0.717) is 5.57 Å². The lowest BCUT2D eigenvalue weighted by Gasteiger charge is -1.99. The molecular formula is C13H24O2. The number of hydrogen-bond acceptors (Lipinski definition) is 1. The Morgan fingerprint density at radius 1 is 1.07 bits per heavy atom. The molecule has 0 aromatic rings. The van der Waals surface area contributed by atoms with E-state index in [4.69, 9.17) is 5.11 Å². The lowest BCUT2D eigenvalue weighted by Crippen LogP contribution is -1.95. The van der Waals surface area contributed by atoms with Crippen LogP contribution in [0, 0.1) is 0 Å². The van der Waals surface area contributed by atoms with Crippen LogP contribution in [0.4, 0.5) is 0 Å². The van der Waals surface area contributed by atoms with Crippen LogP contribution in [0.15, 0.2) is 11.6 Å². The van der Waals surface area contributed by atoms with E-state index < -0.39 is 5.97 Å². The van der Waals surface area contributed by atoms with Gasteiger partial charge in [-0.2, -0.15) is 0 Å². The molecule has 88 valence electrons. The second-order valence-electron chi connectivity index (χ2n) is 4.10. The maximum absolute atomic E-state index is 10.5. The quantitative estimate of drug-likeness (QED) is 0.460. The van der Waals surface area contributed by atoms with Crippen molar-refractivity contribution in [2.24, 2.45) is 0 Å². The number of rotatable bonds is 9. The topological polar surface area (TPSA) is 37.3 Å². The molecule has 0 aromatic carbocycles. The zero-order valence-corrected chi connectivity index (χ0v) is 10.1. The molecule has 2 heteroatoms. The van der Waals surface area contributed by atoms with Gasteiger partial charge in [0, 0.05) is 5.57 Å². The third-order valence-electron chi connectivity index (χ3n) is 2.60. The Balaban J connectivity index is 3.25. The van der Waals surface area contributed by atoms with Gasteiger partial charge in [-0.05, 0) is 19.8 Å². The second kappa shape index (κ2) is 9.75. The summed E-state index contributed by atoms with van der Waals surface area (Å²) in [4.78, 5) is 10.5. The van der Waals surface area contributed by atoms with E-state index in [-0.39, 0.29) is 0 Å². The lowest BCUT2D eigenvalue weighted by molar-refractivity contribution is -0.132. The van der Waals surface area contributed by atoms with Gasteiger partial charge in [-0.15, -0.1) is 0 Å². The van der Waals surface area contributed by atoms with Crippen LogP contribution in [-0.2, 0) is 4.79 Å². The average Bonchev–Trinajstić information content (AvgIpc) is 2.21. The van der Waals surface area contributed by atoms with E-state index in [1.807, 2.05) is 6.08 Å². The molecule has 0 aliphatic rings. The Labute approximate surface area is 93.4 Å². The molecule has 0 aliphatic heterocycles. The van der Waals surface area contributed by atoms with Gasteiger partial charge in [0.1, 0.15) is 0 Å². The van der Waals surface area contributed by atoms with Crippen molar-refractivity contribution in [3.63, 3.8) is 0 Å². The highest BCUT2D eigenvalue weighted by Crippen LogP contribution is 2.09. The van der Waals surface area contributed by atoms with Crippen molar-refractivity contribution in [3.8, 4) is 0 Å². The van der Waals surface area contributed by atoms with Gasteiger partial charge in [-0.1, -0.05) is 51.5 Å². The van der Waals surface area contributed by atoms with E-state index in [1.165, 1.54) is 38.5 Å². The van der Waals surface area contributed by atoms with Crippen molar-refractivity contribution in [2.75, 3.05) is 0 Å². The fraction of sp³-hybridized carbons (Fsp3) is 0.769. The molecule has 0 rings (SSSR count). The predicted octanol–water partition coefficient (Wildman–Crippen LogP) is 4.16. The molecule has 0 spiro atoms. The average molecular weight is 212 g/mol. The fourth-order valence-electron chi connectivity index (χ4n) is 1.51. The van der Waals surface area contributed by atoms with Crippen molar-refractivity contribution in [3.05, 3.63) is 11.6 Å². The minimum atomic E-state index is -0.794. The number of carbonyl (C=O) groups is 1. The largest absolute Gasteiger partial charge is 0.478 e. The smallest absolute Gasteiger partial charge is 0.330 e. The van der Waals surface area contributed by atoms with Crippen molar-refractivity contribution in [1.29, 1.82) is 0 Å². The summed E-state index contributed by atoms with van der Waals surface area (Å²) in [5.41, 5.74) is 0.473. The van der Waals surface area contributed by atoms with Gasteiger partial charge in [0.25, 0.3) is 0 Å². The van der Waals surface area contributed by atoms with Crippen LogP contribution >= 0.6 is 0 Å². The molecular weight excluding hydrogens is 188 g/mol. The maximum atomic E-state index is 10.5. The monoisotopic (exact) mass is 212 g/mol. The fourth-order valence-corrected chi connectivity index (χ4v) is 1.51. The number of allylic oxidation sites excluding steroid dienone is 1. The van der Waals surface area contributed by atoms with Gasteiger partial charge < -0.3 is 5.11 Å². The molecule has 0 unspecified atom stereocenters. The van der Waals surface area contributed by atoms with Crippen LogP contribution in [-0.4, -0.2) is 11.1 Å². The number of unbranched alkanes of at least 4 members (excludes halogenated alkanes) is 7. The number of carboxylic acids is 1. The van der Waals surface area contributed by atoms with Crippen LogP contribution in [0.2, 0.25) is 0 Å². The first kappa shape index (κ1) is 14.2. The highest BCUT2D eigenvalue weighted by Gasteiger charge is 1.97. The highest BCUT2D eigenvalue weighted by molar-refractivity contribution is 5.85. The molecule has 0 saturated heterocycles. The molecule has 0 aliphatic carbocycles. The Kier molecular flexibility index (Phi) is 9.24. The summed E-state index contributed by atoms with van der Waals surface area (Å²) in [7, 11) is 0. The van der Waals surface area contributed by atoms with Crippen LogP contribution in [0.1, 0.15) is 65.2 Å². The van der Waals surface area contributed by atoms with E-state index in [9.17, 15) is 4.79 Å². The molecule has 1 N–H and O–H groups in total. The minimum Gasteiger partial charge on any atom is -0.478 e. The van der Waals surface area contributed by atoms with Crippen LogP contribution in [0.3, 0.4) is 0 Å². The molecule has 2 nitrogen and oxygen atoms in total. The third kappa shape index (κ3) is 9.51. The number of carboxylic acid groups (broad SMARTS) is 1. The number of aliphatic carboxylic acids is 1. The van der Waals surface area contributed by atoms with Gasteiger partial charge in [-0.25, -0.2) is 4.79 Å². The Morgan fingerprint density at radius 3 is 2.13 bits per heavy atom. The first-order chi connectivity index (χ1) is 7.18. The SMILES string of the molecule is CCCCCCCCC/C=C(/C)C(=O)O. The van der Waals surface area contributed by atoms with Gasteiger partial charge in [0.05, 0.1) is 0 Å². The summed E-state index contributed by atoms with van der Waals surface area (Å²) < 4.78 is 0. The molecule has 15 heavy (non-hydrogen) atoms. The summed E-state index contributed by atoms with van der Waals surface area (Å²) in [6.45, 7) is 3.88. The summed E-state index contributed by atoms with van der Waals surface area (Å²) in [6, 6.07) is 0. The Hall–Kier alpha value is -0.790. The van der Waals surface area contributed by atoms with Gasteiger partial charge in [0.15, 0.2) is 0 Å². The zero-order chi connectivity index (χ0) is 11.5. The molecule has 0 atom stereocenters. The van der Waals surface area contributed by atoms with Crippen molar-refractivity contribution < 1.29 is 9.90 Å².